The number of rotatable bonds is 7. The van der Waals surface area contributed by atoms with Crippen LogP contribution in [0, 0.1) is 5.92 Å². The molecule has 0 saturated heterocycles. The lowest BCUT2D eigenvalue weighted by molar-refractivity contribution is 0.409. The molecule has 0 aliphatic rings. The highest BCUT2D eigenvalue weighted by molar-refractivity contribution is 5.48. The number of hydrogen-bond acceptors (Lipinski definition) is 3. The summed E-state index contributed by atoms with van der Waals surface area (Å²) in [4.78, 5) is 4.68. The van der Waals surface area contributed by atoms with E-state index in [4.69, 9.17) is 5.73 Å². The fourth-order valence-corrected chi connectivity index (χ4v) is 2.08. The van der Waals surface area contributed by atoms with Gasteiger partial charge in [0.05, 0.1) is 0 Å². The minimum atomic E-state index is 0.106. The van der Waals surface area contributed by atoms with Crippen molar-refractivity contribution in [3.05, 3.63) is 29.8 Å². The van der Waals surface area contributed by atoms with Crippen LogP contribution < -0.4 is 10.6 Å². The van der Waals surface area contributed by atoms with Gasteiger partial charge in [0, 0.05) is 31.4 Å². The maximum absolute atomic E-state index is 5.90. The first-order chi connectivity index (χ1) is 8.90. The van der Waals surface area contributed by atoms with E-state index < -0.39 is 0 Å². The van der Waals surface area contributed by atoms with E-state index in [1.807, 2.05) is 6.92 Å². The summed E-state index contributed by atoms with van der Waals surface area (Å²) >= 11 is 0. The summed E-state index contributed by atoms with van der Waals surface area (Å²) in [6.07, 6.45) is 0. The fraction of sp³-hybridized carbons (Fsp3) is 0.625. The Hall–Kier alpha value is -1.06. The van der Waals surface area contributed by atoms with Gasteiger partial charge in [0.15, 0.2) is 0 Å². The predicted octanol–water partition coefficient (Wildman–Crippen LogP) is 2.73. The van der Waals surface area contributed by atoms with Gasteiger partial charge in [-0.15, -0.1) is 0 Å². The lowest BCUT2D eigenvalue weighted by atomic mass is 10.1. The molecule has 2 N–H and O–H groups in total. The Morgan fingerprint density at radius 1 is 1.00 bits per heavy atom. The third-order valence-corrected chi connectivity index (χ3v) is 3.19. The lowest BCUT2D eigenvalue weighted by Crippen LogP contribution is -2.34. The number of benzene rings is 1. The Kier molecular flexibility index (Phi) is 6.32. The minimum Gasteiger partial charge on any atom is -0.370 e. The molecule has 19 heavy (non-hydrogen) atoms. The second-order valence-corrected chi connectivity index (χ2v) is 6.02. The summed E-state index contributed by atoms with van der Waals surface area (Å²) in [5.74, 6) is 0.662. The van der Waals surface area contributed by atoms with Crippen LogP contribution >= 0.6 is 0 Å². The van der Waals surface area contributed by atoms with Crippen molar-refractivity contribution < 1.29 is 0 Å². The number of anilines is 1. The molecule has 0 bridgehead atoms. The number of hydrogen-bond donors (Lipinski definition) is 1. The molecular weight excluding hydrogens is 234 g/mol. The van der Waals surface area contributed by atoms with Crippen LogP contribution in [0.5, 0.6) is 0 Å². The average molecular weight is 263 g/mol. The molecule has 3 heteroatoms. The molecule has 0 amide bonds. The van der Waals surface area contributed by atoms with Crippen molar-refractivity contribution in [2.45, 2.75) is 26.8 Å². The summed E-state index contributed by atoms with van der Waals surface area (Å²) in [6.45, 7) is 9.76. The Bertz CT molecular complexity index is 355. The van der Waals surface area contributed by atoms with Crippen LogP contribution in [0.4, 0.5) is 5.69 Å². The van der Waals surface area contributed by atoms with Crippen molar-refractivity contribution in [2.75, 3.05) is 38.6 Å². The maximum atomic E-state index is 5.90. The first-order valence-electron chi connectivity index (χ1n) is 7.15. The second kappa shape index (κ2) is 7.51. The van der Waals surface area contributed by atoms with E-state index in [9.17, 15) is 0 Å². The fourth-order valence-electron chi connectivity index (χ4n) is 2.08. The van der Waals surface area contributed by atoms with Crippen molar-refractivity contribution in [1.82, 2.24) is 4.90 Å². The van der Waals surface area contributed by atoms with E-state index in [0.717, 1.165) is 19.6 Å². The van der Waals surface area contributed by atoms with Gasteiger partial charge in [0.25, 0.3) is 0 Å². The first kappa shape index (κ1) is 16.0. The van der Waals surface area contributed by atoms with E-state index >= 15 is 0 Å². The highest BCUT2D eigenvalue weighted by atomic mass is 15.2. The van der Waals surface area contributed by atoms with Gasteiger partial charge in [-0.05, 0) is 44.6 Å². The van der Waals surface area contributed by atoms with Crippen molar-refractivity contribution in [3.8, 4) is 0 Å². The van der Waals surface area contributed by atoms with Crippen LogP contribution in [0.1, 0.15) is 32.4 Å². The number of likely N-dealkylation sites (N-methyl/N-ethyl adjacent to an activating group) is 1. The predicted molar refractivity (Wildman–Crippen MR) is 84.6 cm³/mol. The molecule has 0 aromatic heterocycles. The maximum Gasteiger partial charge on any atom is 0.0366 e. The third-order valence-electron chi connectivity index (χ3n) is 3.19. The highest BCUT2D eigenvalue weighted by Crippen LogP contribution is 2.19. The van der Waals surface area contributed by atoms with Gasteiger partial charge < -0.3 is 15.5 Å². The Morgan fingerprint density at radius 3 is 2.00 bits per heavy atom. The van der Waals surface area contributed by atoms with Gasteiger partial charge >= 0.3 is 0 Å². The molecule has 0 spiro atoms. The second-order valence-electron chi connectivity index (χ2n) is 6.02. The normalized spacial score (nSPS) is 13.1. The van der Waals surface area contributed by atoms with Crippen LogP contribution in [-0.4, -0.2) is 38.6 Å². The Labute approximate surface area is 118 Å². The third kappa shape index (κ3) is 5.62. The Balaban J connectivity index is 2.77. The molecule has 0 aliphatic heterocycles. The van der Waals surface area contributed by atoms with Crippen molar-refractivity contribution >= 4 is 5.69 Å². The molecule has 0 heterocycles. The molecule has 1 atom stereocenters. The van der Waals surface area contributed by atoms with Gasteiger partial charge in [-0.2, -0.15) is 0 Å². The average Bonchev–Trinajstić information content (AvgIpc) is 2.34. The molecule has 0 saturated carbocycles. The molecule has 0 radical (unpaired) electrons. The van der Waals surface area contributed by atoms with E-state index in [1.165, 1.54) is 11.3 Å². The molecule has 0 aliphatic carbocycles. The van der Waals surface area contributed by atoms with E-state index in [0.29, 0.717) is 5.92 Å². The monoisotopic (exact) mass is 263 g/mol. The van der Waals surface area contributed by atoms with Crippen molar-refractivity contribution in [3.63, 3.8) is 0 Å². The SMILES string of the molecule is CC(C)CN(CCN(C)C)c1ccc([C@@H](C)N)cc1. The summed E-state index contributed by atoms with van der Waals surface area (Å²) < 4.78 is 0. The highest BCUT2D eigenvalue weighted by Gasteiger charge is 2.09. The molecule has 1 aromatic carbocycles. The largest absolute Gasteiger partial charge is 0.370 e. The van der Waals surface area contributed by atoms with Crippen LogP contribution in [0.2, 0.25) is 0 Å². The van der Waals surface area contributed by atoms with Gasteiger partial charge in [-0.25, -0.2) is 0 Å². The zero-order chi connectivity index (χ0) is 14.4. The van der Waals surface area contributed by atoms with Gasteiger partial charge in [-0.1, -0.05) is 26.0 Å². The minimum absolute atomic E-state index is 0.106. The lowest BCUT2D eigenvalue weighted by Gasteiger charge is -2.28. The van der Waals surface area contributed by atoms with Gasteiger partial charge in [0.1, 0.15) is 0 Å². The quantitative estimate of drug-likeness (QED) is 0.821. The number of nitrogens with zero attached hydrogens (tertiary/aromatic N) is 2. The standard InChI is InChI=1S/C16H29N3/c1-13(2)12-19(11-10-18(4)5)16-8-6-15(7-9-16)14(3)17/h6-9,13-14H,10-12,17H2,1-5H3/t14-/m1/s1. The van der Waals surface area contributed by atoms with Gasteiger partial charge in [-0.3, -0.25) is 0 Å². The zero-order valence-electron chi connectivity index (χ0n) is 13.1. The smallest absolute Gasteiger partial charge is 0.0366 e. The summed E-state index contributed by atoms with van der Waals surface area (Å²) in [6, 6.07) is 8.77. The molecule has 3 nitrogen and oxygen atoms in total. The summed E-state index contributed by atoms with van der Waals surface area (Å²) in [5.41, 5.74) is 8.39. The van der Waals surface area contributed by atoms with Crippen LogP contribution in [-0.2, 0) is 0 Å². The van der Waals surface area contributed by atoms with Crippen LogP contribution in [0.15, 0.2) is 24.3 Å². The molecule has 0 unspecified atom stereocenters. The van der Waals surface area contributed by atoms with Crippen molar-refractivity contribution in [1.29, 1.82) is 0 Å². The van der Waals surface area contributed by atoms with E-state index in [-0.39, 0.29) is 6.04 Å². The first-order valence-corrected chi connectivity index (χ1v) is 7.15. The number of nitrogens with two attached hydrogens (primary N) is 1. The van der Waals surface area contributed by atoms with Gasteiger partial charge in [0.2, 0.25) is 0 Å². The van der Waals surface area contributed by atoms with Crippen LogP contribution in [0.25, 0.3) is 0 Å². The summed E-state index contributed by atoms with van der Waals surface area (Å²) in [5, 5.41) is 0. The topological polar surface area (TPSA) is 32.5 Å². The molecule has 1 rings (SSSR count). The molecular formula is C16H29N3. The molecule has 0 fully saturated rings. The molecule has 1 aromatic rings. The van der Waals surface area contributed by atoms with E-state index in [2.05, 4.69) is 62.0 Å². The zero-order valence-corrected chi connectivity index (χ0v) is 13.1. The molecule has 108 valence electrons. The van der Waals surface area contributed by atoms with E-state index in [1.54, 1.807) is 0 Å². The van der Waals surface area contributed by atoms with Crippen LogP contribution in [0.3, 0.4) is 0 Å². The summed E-state index contributed by atoms with van der Waals surface area (Å²) in [7, 11) is 4.24. The Morgan fingerprint density at radius 2 is 1.58 bits per heavy atom. The van der Waals surface area contributed by atoms with Crippen molar-refractivity contribution in [2.24, 2.45) is 11.7 Å².